The minimum atomic E-state index is -0.279. The van der Waals surface area contributed by atoms with Crippen LogP contribution >= 0.6 is 39.9 Å². The zero-order valence-corrected chi connectivity index (χ0v) is 15.8. The lowest BCUT2D eigenvalue weighted by Gasteiger charge is -2.06. The fourth-order valence-corrected chi connectivity index (χ4v) is 2.28. The lowest BCUT2D eigenvalue weighted by Crippen LogP contribution is -2.33. The first-order valence-corrected chi connectivity index (χ1v) is 7.46. The monoisotopic (exact) mass is 477 g/mol. The molecule has 0 aliphatic rings. The predicted molar refractivity (Wildman–Crippen MR) is 103 cm³/mol. The summed E-state index contributed by atoms with van der Waals surface area (Å²) in [4.78, 5) is 4.15. The minimum Gasteiger partial charge on any atom is -0.370 e. The predicted octanol–water partition coefficient (Wildman–Crippen LogP) is 3.85. The van der Waals surface area contributed by atoms with Gasteiger partial charge in [0.05, 0.1) is 6.54 Å². The van der Waals surface area contributed by atoms with Crippen LogP contribution < -0.4 is 11.1 Å². The van der Waals surface area contributed by atoms with Crippen molar-refractivity contribution in [1.82, 2.24) is 5.32 Å². The van der Waals surface area contributed by atoms with E-state index in [-0.39, 0.29) is 36.3 Å². The molecule has 0 heterocycles. The Balaban J connectivity index is 0.00000242. The molecule has 0 bridgehead atoms. The zero-order chi connectivity index (χ0) is 15.1. The Morgan fingerprint density at radius 1 is 1.18 bits per heavy atom. The van der Waals surface area contributed by atoms with Crippen LogP contribution in [-0.4, -0.2) is 12.5 Å². The van der Waals surface area contributed by atoms with E-state index in [0.717, 1.165) is 10.9 Å². The molecule has 0 amide bonds. The number of hydrogen-bond donors (Lipinski definition) is 2. The lowest BCUT2D eigenvalue weighted by molar-refractivity contribution is 0.610. The molecule has 2 rings (SSSR count). The SMILES string of the molecule is I.NC(=NCc1cc(Br)ccc1F)NCCc1ccccc1. The van der Waals surface area contributed by atoms with Gasteiger partial charge in [-0.1, -0.05) is 46.3 Å². The molecule has 0 spiro atoms. The number of hydrogen-bond acceptors (Lipinski definition) is 1. The molecule has 6 heteroatoms. The maximum atomic E-state index is 13.5. The Morgan fingerprint density at radius 2 is 1.91 bits per heavy atom. The van der Waals surface area contributed by atoms with Gasteiger partial charge in [-0.15, -0.1) is 24.0 Å². The van der Waals surface area contributed by atoms with Crippen LogP contribution in [0.5, 0.6) is 0 Å². The first kappa shape index (κ1) is 18.9. The zero-order valence-electron chi connectivity index (χ0n) is 11.9. The number of nitrogens with two attached hydrogens (primary N) is 1. The van der Waals surface area contributed by atoms with Gasteiger partial charge in [0.2, 0.25) is 0 Å². The number of nitrogens with one attached hydrogen (secondary N) is 1. The van der Waals surface area contributed by atoms with Crippen LogP contribution in [0.2, 0.25) is 0 Å². The molecule has 0 aliphatic carbocycles. The van der Waals surface area contributed by atoms with Crippen LogP contribution in [0.4, 0.5) is 4.39 Å². The molecule has 0 aliphatic heterocycles. The summed E-state index contributed by atoms with van der Waals surface area (Å²) in [5.41, 5.74) is 7.52. The van der Waals surface area contributed by atoms with Gasteiger partial charge in [0.1, 0.15) is 5.82 Å². The quantitative estimate of drug-likeness (QED) is 0.390. The van der Waals surface area contributed by atoms with Gasteiger partial charge in [-0.25, -0.2) is 9.38 Å². The van der Waals surface area contributed by atoms with E-state index < -0.39 is 0 Å². The molecule has 0 saturated carbocycles. The summed E-state index contributed by atoms with van der Waals surface area (Å²) in [5.74, 6) is 0.0457. The van der Waals surface area contributed by atoms with Crippen molar-refractivity contribution < 1.29 is 4.39 Å². The van der Waals surface area contributed by atoms with Crippen molar-refractivity contribution in [2.24, 2.45) is 10.7 Å². The maximum absolute atomic E-state index is 13.5. The third-order valence-electron chi connectivity index (χ3n) is 2.99. The fourth-order valence-electron chi connectivity index (χ4n) is 1.87. The van der Waals surface area contributed by atoms with Crippen molar-refractivity contribution in [3.63, 3.8) is 0 Å². The third-order valence-corrected chi connectivity index (χ3v) is 3.48. The van der Waals surface area contributed by atoms with Gasteiger partial charge >= 0.3 is 0 Å². The van der Waals surface area contributed by atoms with Crippen LogP contribution in [0.15, 0.2) is 58.0 Å². The van der Waals surface area contributed by atoms with E-state index in [9.17, 15) is 4.39 Å². The van der Waals surface area contributed by atoms with Crippen LogP contribution in [-0.2, 0) is 13.0 Å². The molecule has 2 aromatic carbocycles. The largest absolute Gasteiger partial charge is 0.370 e. The van der Waals surface area contributed by atoms with Gasteiger partial charge in [-0.2, -0.15) is 0 Å². The van der Waals surface area contributed by atoms with Crippen LogP contribution in [0.3, 0.4) is 0 Å². The minimum absolute atomic E-state index is 0. The Labute approximate surface area is 155 Å². The van der Waals surface area contributed by atoms with E-state index in [1.165, 1.54) is 11.6 Å². The number of aliphatic imine (C=N–C) groups is 1. The highest BCUT2D eigenvalue weighted by atomic mass is 127. The second kappa shape index (κ2) is 9.78. The van der Waals surface area contributed by atoms with Crippen molar-refractivity contribution in [3.05, 3.63) is 69.9 Å². The third kappa shape index (κ3) is 6.31. The van der Waals surface area contributed by atoms with Crippen molar-refractivity contribution in [2.75, 3.05) is 6.54 Å². The van der Waals surface area contributed by atoms with Gasteiger partial charge in [0.15, 0.2) is 5.96 Å². The molecule has 0 saturated heterocycles. The molecule has 22 heavy (non-hydrogen) atoms. The van der Waals surface area contributed by atoms with E-state index >= 15 is 0 Å². The van der Waals surface area contributed by atoms with E-state index in [0.29, 0.717) is 18.1 Å². The maximum Gasteiger partial charge on any atom is 0.188 e. The van der Waals surface area contributed by atoms with Crippen molar-refractivity contribution in [3.8, 4) is 0 Å². The average Bonchev–Trinajstić information content (AvgIpc) is 2.49. The lowest BCUT2D eigenvalue weighted by atomic mass is 10.1. The van der Waals surface area contributed by atoms with Crippen LogP contribution in [0.1, 0.15) is 11.1 Å². The summed E-state index contributed by atoms with van der Waals surface area (Å²) < 4.78 is 14.4. The molecular formula is C16H18BrFIN3. The summed E-state index contributed by atoms with van der Waals surface area (Å²) in [6, 6.07) is 14.9. The number of halogens is 3. The van der Waals surface area contributed by atoms with Gasteiger partial charge in [-0.3, -0.25) is 0 Å². The average molecular weight is 478 g/mol. The van der Waals surface area contributed by atoms with Gasteiger partial charge in [0.25, 0.3) is 0 Å². The summed E-state index contributed by atoms with van der Waals surface area (Å²) >= 11 is 3.31. The Morgan fingerprint density at radius 3 is 2.64 bits per heavy atom. The Bertz CT molecular complexity index is 620. The highest BCUT2D eigenvalue weighted by molar-refractivity contribution is 14.0. The molecule has 0 unspecified atom stereocenters. The number of nitrogens with zero attached hydrogens (tertiary/aromatic N) is 1. The van der Waals surface area contributed by atoms with Crippen LogP contribution in [0, 0.1) is 5.82 Å². The van der Waals surface area contributed by atoms with E-state index in [1.807, 2.05) is 18.2 Å². The number of guanidine groups is 1. The Hall–Kier alpha value is -1.15. The molecule has 118 valence electrons. The normalized spacial score (nSPS) is 10.9. The molecule has 2 aromatic rings. The topological polar surface area (TPSA) is 50.4 Å². The number of benzene rings is 2. The molecule has 0 radical (unpaired) electrons. The molecular weight excluding hydrogens is 460 g/mol. The summed E-state index contributed by atoms with van der Waals surface area (Å²) in [6.45, 7) is 0.912. The summed E-state index contributed by atoms with van der Waals surface area (Å²) in [7, 11) is 0. The van der Waals surface area contributed by atoms with E-state index in [2.05, 4.69) is 38.4 Å². The van der Waals surface area contributed by atoms with Gasteiger partial charge in [0, 0.05) is 16.6 Å². The molecule has 3 nitrogen and oxygen atoms in total. The highest BCUT2D eigenvalue weighted by Crippen LogP contribution is 2.16. The van der Waals surface area contributed by atoms with E-state index in [1.54, 1.807) is 12.1 Å². The standard InChI is InChI=1S/C16H17BrFN3.HI/c17-14-6-7-15(18)13(10-14)11-21-16(19)20-9-8-12-4-2-1-3-5-12;/h1-7,10H,8-9,11H2,(H3,19,20,21);1H. The molecule has 0 aromatic heterocycles. The first-order chi connectivity index (χ1) is 10.1. The first-order valence-electron chi connectivity index (χ1n) is 6.67. The summed E-state index contributed by atoms with van der Waals surface area (Å²) in [5, 5.41) is 3.03. The smallest absolute Gasteiger partial charge is 0.188 e. The summed E-state index contributed by atoms with van der Waals surface area (Å²) in [6.07, 6.45) is 0.863. The van der Waals surface area contributed by atoms with Crippen molar-refractivity contribution >= 4 is 45.9 Å². The molecule has 0 fully saturated rings. The number of rotatable bonds is 5. The second-order valence-corrected chi connectivity index (χ2v) is 5.52. The van der Waals surface area contributed by atoms with Crippen molar-refractivity contribution in [2.45, 2.75) is 13.0 Å². The second-order valence-electron chi connectivity index (χ2n) is 4.60. The highest BCUT2D eigenvalue weighted by Gasteiger charge is 2.02. The molecule has 3 N–H and O–H groups in total. The molecule has 0 atom stereocenters. The fraction of sp³-hybridized carbons (Fsp3) is 0.188. The van der Waals surface area contributed by atoms with Gasteiger partial charge < -0.3 is 11.1 Å². The van der Waals surface area contributed by atoms with E-state index in [4.69, 9.17) is 5.73 Å². The Kier molecular flexibility index (Phi) is 8.40. The van der Waals surface area contributed by atoms with Gasteiger partial charge in [-0.05, 0) is 30.2 Å². The van der Waals surface area contributed by atoms with Crippen molar-refractivity contribution in [1.29, 1.82) is 0 Å². The van der Waals surface area contributed by atoms with Crippen LogP contribution in [0.25, 0.3) is 0 Å².